The fourth-order valence-electron chi connectivity index (χ4n) is 2.59. The zero-order valence-corrected chi connectivity index (χ0v) is 12.2. The summed E-state index contributed by atoms with van der Waals surface area (Å²) in [7, 11) is 0. The van der Waals surface area contributed by atoms with Gasteiger partial charge in [-0.15, -0.1) is 0 Å². The molecule has 0 radical (unpaired) electrons. The molecule has 0 amide bonds. The van der Waals surface area contributed by atoms with Crippen molar-refractivity contribution in [3.8, 4) is 0 Å². The highest BCUT2D eigenvalue weighted by Gasteiger charge is 2.12. The maximum atomic E-state index is 13.3. The van der Waals surface area contributed by atoms with Crippen LogP contribution >= 0.6 is 0 Å². The number of fused-ring (bicyclic) bond motifs is 1. The summed E-state index contributed by atoms with van der Waals surface area (Å²) in [6, 6.07) is 14.8. The predicted molar refractivity (Wildman–Crippen MR) is 82.6 cm³/mol. The molecule has 0 saturated heterocycles. The van der Waals surface area contributed by atoms with Gasteiger partial charge >= 0.3 is 0 Å². The van der Waals surface area contributed by atoms with Crippen molar-refractivity contribution in [2.75, 3.05) is 0 Å². The lowest BCUT2D eigenvalue weighted by Gasteiger charge is -2.14. The third-order valence-corrected chi connectivity index (χ3v) is 3.83. The lowest BCUT2D eigenvalue weighted by molar-refractivity contribution is 0.541. The minimum absolute atomic E-state index is 0.0776. The fourth-order valence-corrected chi connectivity index (χ4v) is 2.59. The van der Waals surface area contributed by atoms with Crippen LogP contribution in [0.1, 0.15) is 29.9 Å². The van der Waals surface area contributed by atoms with Crippen LogP contribution in [0, 0.1) is 12.7 Å². The van der Waals surface area contributed by atoms with E-state index in [1.807, 2.05) is 38.1 Å². The van der Waals surface area contributed by atoms with E-state index < -0.39 is 0 Å². The molecule has 3 aromatic rings. The van der Waals surface area contributed by atoms with E-state index in [9.17, 15) is 4.39 Å². The summed E-state index contributed by atoms with van der Waals surface area (Å²) in [6.45, 7) is 4.71. The fraction of sp³-hybridized carbons (Fsp3) is 0.222. The highest BCUT2D eigenvalue weighted by molar-refractivity contribution is 5.82. The Morgan fingerprint density at radius 3 is 2.76 bits per heavy atom. The molecule has 1 atom stereocenters. The molecule has 3 rings (SSSR count). The van der Waals surface area contributed by atoms with Gasteiger partial charge in [0.1, 0.15) is 17.2 Å². The smallest absolute Gasteiger partial charge is 0.134 e. The lowest BCUT2D eigenvalue weighted by atomic mass is 10.1. The molecule has 0 fully saturated rings. The van der Waals surface area contributed by atoms with Crippen molar-refractivity contribution in [3.63, 3.8) is 0 Å². The maximum absolute atomic E-state index is 13.3. The van der Waals surface area contributed by atoms with Gasteiger partial charge in [0.05, 0.1) is 0 Å². The first-order valence-electron chi connectivity index (χ1n) is 7.11. The third kappa shape index (κ3) is 2.83. The van der Waals surface area contributed by atoms with Crippen LogP contribution in [0.2, 0.25) is 0 Å². The van der Waals surface area contributed by atoms with Gasteiger partial charge in [0.25, 0.3) is 0 Å². The Balaban J connectivity index is 1.79. The zero-order chi connectivity index (χ0) is 14.8. The molecule has 0 aliphatic heterocycles. The Morgan fingerprint density at radius 1 is 1.14 bits per heavy atom. The second-order valence-corrected chi connectivity index (χ2v) is 5.29. The third-order valence-electron chi connectivity index (χ3n) is 3.83. The lowest BCUT2D eigenvalue weighted by Crippen LogP contribution is -2.18. The molecule has 21 heavy (non-hydrogen) atoms. The van der Waals surface area contributed by atoms with Crippen LogP contribution < -0.4 is 5.32 Å². The molecule has 2 aromatic carbocycles. The Hall–Kier alpha value is -2.13. The minimum Gasteiger partial charge on any atom is -0.461 e. The molecule has 0 spiro atoms. The molecule has 1 N–H and O–H groups in total. The maximum Gasteiger partial charge on any atom is 0.134 e. The van der Waals surface area contributed by atoms with Gasteiger partial charge in [-0.2, -0.15) is 0 Å². The summed E-state index contributed by atoms with van der Waals surface area (Å²) in [5, 5.41) is 4.57. The average molecular weight is 283 g/mol. The van der Waals surface area contributed by atoms with E-state index in [1.54, 1.807) is 12.1 Å². The Morgan fingerprint density at radius 2 is 1.95 bits per heavy atom. The van der Waals surface area contributed by atoms with Crippen LogP contribution in [0.3, 0.4) is 0 Å². The number of benzene rings is 2. The quantitative estimate of drug-likeness (QED) is 0.748. The summed E-state index contributed by atoms with van der Waals surface area (Å²) in [4.78, 5) is 0. The van der Waals surface area contributed by atoms with Crippen molar-refractivity contribution < 1.29 is 8.81 Å². The second kappa shape index (κ2) is 5.70. The highest BCUT2D eigenvalue weighted by Crippen LogP contribution is 2.25. The zero-order valence-electron chi connectivity index (χ0n) is 12.2. The van der Waals surface area contributed by atoms with Crippen LogP contribution in [-0.4, -0.2) is 0 Å². The van der Waals surface area contributed by atoms with Gasteiger partial charge in [0.15, 0.2) is 0 Å². The molecular formula is C18H18FNO. The van der Waals surface area contributed by atoms with Crippen LogP contribution in [0.4, 0.5) is 4.39 Å². The molecule has 1 heterocycles. The van der Waals surface area contributed by atoms with Gasteiger partial charge in [0.2, 0.25) is 0 Å². The van der Waals surface area contributed by atoms with Crippen molar-refractivity contribution in [1.82, 2.24) is 5.32 Å². The van der Waals surface area contributed by atoms with Crippen molar-refractivity contribution >= 4 is 11.0 Å². The van der Waals surface area contributed by atoms with Crippen LogP contribution in [-0.2, 0) is 6.54 Å². The average Bonchev–Trinajstić information content (AvgIpc) is 2.80. The standard InChI is InChI=1S/C18H18FNO/c1-12(14-6-5-7-15(19)10-14)20-11-17-13(2)21-18-9-4-3-8-16(17)18/h3-10,12,20H,11H2,1-2H3/t12-/m1/s1. The number of hydrogen-bond donors (Lipinski definition) is 1. The van der Waals surface area contributed by atoms with Crippen molar-refractivity contribution in [3.05, 3.63) is 71.2 Å². The summed E-state index contributed by atoms with van der Waals surface area (Å²) >= 11 is 0. The first-order chi connectivity index (χ1) is 10.1. The highest BCUT2D eigenvalue weighted by atomic mass is 19.1. The second-order valence-electron chi connectivity index (χ2n) is 5.29. The van der Waals surface area contributed by atoms with E-state index in [0.29, 0.717) is 6.54 Å². The van der Waals surface area contributed by atoms with E-state index in [0.717, 1.165) is 27.9 Å². The van der Waals surface area contributed by atoms with Gasteiger partial charge in [-0.1, -0.05) is 30.3 Å². The van der Waals surface area contributed by atoms with Gasteiger partial charge in [-0.3, -0.25) is 0 Å². The van der Waals surface area contributed by atoms with Crippen LogP contribution in [0.15, 0.2) is 52.9 Å². The van der Waals surface area contributed by atoms with E-state index in [4.69, 9.17) is 4.42 Å². The molecule has 108 valence electrons. The first kappa shape index (κ1) is 13.8. The van der Waals surface area contributed by atoms with Gasteiger partial charge < -0.3 is 9.73 Å². The number of rotatable bonds is 4. The summed E-state index contributed by atoms with van der Waals surface area (Å²) in [6.07, 6.45) is 0. The van der Waals surface area contributed by atoms with Gasteiger partial charge in [-0.05, 0) is 37.6 Å². The van der Waals surface area contributed by atoms with Crippen molar-refractivity contribution in [2.45, 2.75) is 26.4 Å². The number of halogens is 1. The SMILES string of the molecule is Cc1oc2ccccc2c1CN[C@H](C)c1cccc(F)c1. The molecule has 0 unspecified atom stereocenters. The minimum atomic E-state index is -0.203. The van der Waals surface area contributed by atoms with E-state index in [2.05, 4.69) is 11.4 Å². The van der Waals surface area contributed by atoms with E-state index in [1.165, 1.54) is 6.07 Å². The number of para-hydroxylation sites is 1. The van der Waals surface area contributed by atoms with E-state index in [-0.39, 0.29) is 11.9 Å². The van der Waals surface area contributed by atoms with Crippen LogP contribution in [0.5, 0.6) is 0 Å². The predicted octanol–water partition coefficient (Wildman–Crippen LogP) is 4.73. The van der Waals surface area contributed by atoms with Crippen LogP contribution in [0.25, 0.3) is 11.0 Å². The van der Waals surface area contributed by atoms with Crippen molar-refractivity contribution in [2.24, 2.45) is 0 Å². The largest absolute Gasteiger partial charge is 0.461 e. The van der Waals surface area contributed by atoms with Crippen molar-refractivity contribution in [1.29, 1.82) is 0 Å². The monoisotopic (exact) mass is 283 g/mol. The summed E-state index contributed by atoms with van der Waals surface area (Å²) in [5.74, 6) is 0.723. The number of hydrogen-bond acceptors (Lipinski definition) is 2. The summed E-state index contributed by atoms with van der Waals surface area (Å²) in [5.41, 5.74) is 3.01. The molecular weight excluding hydrogens is 265 g/mol. The molecule has 0 bridgehead atoms. The molecule has 2 nitrogen and oxygen atoms in total. The first-order valence-corrected chi connectivity index (χ1v) is 7.11. The molecule has 1 aromatic heterocycles. The van der Waals surface area contributed by atoms with E-state index >= 15 is 0 Å². The Bertz CT molecular complexity index is 763. The normalized spacial score (nSPS) is 12.7. The molecule has 0 saturated carbocycles. The topological polar surface area (TPSA) is 25.2 Å². The summed E-state index contributed by atoms with van der Waals surface area (Å²) < 4.78 is 19.0. The Labute approximate surface area is 123 Å². The molecule has 0 aliphatic carbocycles. The van der Waals surface area contributed by atoms with Gasteiger partial charge in [-0.25, -0.2) is 4.39 Å². The Kier molecular flexibility index (Phi) is 3.76. The number of aryl methyl sites for hydroxylation is 1. The molecule has 0 aliphatic rings. The molecule has 3 heteroatoms. The number of furan rings is 1. The van der Waals surface area contributed by atoms with Gasteiger partial charge in [0, 0.05) is 23.5 Å². The number of nitrogens with one attached hydrogen (secondary N) is 1.